The summed E-state index contributed by atoms with van der Waals surface area (Å²) in [6.45, 7) is 0. The van der Waals surface area contributed by atoms with Gasteiger partial charge in [0.1, 0.15) is 63.3 Å². The van der Waals surface area contributed by atoms with Crippen LogP contribution in [0.5, 0.6) is 0 Å². The summed E-state index contributed by atoms with van der Waals surface area (Å²) in [7, 11) is -20.8. The van der Waals surface area contributed by atoms with Gasteiger partial charge in [0.15, 0.2) is 0 Å². The zero-order valence-electron chi connectivity index (χ0n) is 28.8. The molecular weight excluding hydrogens is 869 g/mol. The standard InChI is InChI=1S/C32H22N6O14S4.2Mg/c39-31-23(15-27(55(47,48)49)21-3-1-11-33-29(21)31)37-35-19-9-7-17(25(13-19)53(41,42)43)5-6-18-8-10-20(14-26(18)54(44,45)46)36-38-24-16-28(56(50,51)52)22-4-2-12-34-30(22)32(24)40;;/h1-16,35-36H,(H,41,42,43)(H,44,45,46)(H,47,48,49)(H,50,51,52);;/q;2*+2/p-4/b6-5+,37-23-,38-24-;;. The van der Waals surface area contributed by atoms with Crippen LogP contribution in [0, 0.1) is 0 Å². The zero-order valence-corrected chi connectivity index (χ0v) is 34.9. The molecule has 0 bridgehead atoms. The van der Waals surface area contributed by atoms with Crippen LogP contribution < -0.4 is 10.9 Å². The SMILES string of the molecule is O=C1/C(=N\Nc2ccc(/C=C/c3ccc(N/N=C4/C=C(S(=O)(=O)[O-])c5cccnc5C4=O)cc3S(=O)(=O)[O-])c(S(=O)(=O)[O-])c2)C=C(S(=O)(=O)[O-])c2cccnc21.[Mg+2].[Mg+2]. The summed E-state index contributed by atoms with van der Waals surface area (Å²) in [5.41, 5.74) is 1.09. The number of aromatic nitrogens is 2. The van der Waals surface area contributed by atoms with Gasteiger partial charge in [0.2, 0.25) is 11.6 Å². The van der Waals surface area contributed by atoms with Crippen molar-refractivity contribution >= 4 is 143 Å². The zero-order chi connectivity index (χ0) is 40.8. The van der Waals surface area contributed by atoms with E-state index >= 15 is 0 Å². The first-order valence-corrected chi connectivity index (χ1v) is 20.7. The molecule has 0 saturated heterocycles. The smallest absolute Gasteiger partial charge is 0.744 e. The third-order valence-electron chi connectivity index (χ3n) is 7.74. The van der Waals surface area contributed by atoms with E-state index in [0.717, 1.165) is 36.4 Å². The molecule has 2 aliphatic rings. The van der Waals surface area contributed by atoms with Crippen molar-refractivity contribution in [2.75, 3.05) is 10.9 Å². The largest absolute Gasteiger partial charge is 2.00 e. The summed E-state index contributed by atoms with van der Waals surface area (Å²) in [4.78, 5) is 30.0. The topological polar surface area (TPSA) is 337 Å². The number of Topliss-reactive ketones (excluding diaryl/α,β-unsaturated/α-hetero) is 2. The number of carbonyl (C=O) groups is 2. The number of fused-ring (bicyclic) bond motifs is 2. The van der Waals surface area contributed by atoms with Crippen LogP contribution in [0.15, 0.2) is 105 Å². The van der Waals surface area contributed by atoms with Gasteiger partial charge in [-0.05, 0) is 71.8 Å². The van der Waals surface area contributed by atoms with E-state index in [-0.39, 0.29) is 79.7 Å². The third kappa shape index (κ3) is 9.98. The number of anilines is 2. The van der Waals surface area contributed by atoms with Crippen molar-refractivity contribution in [3.63, 3.8) is 0 Å². The molecule has 288 valence electrons. The second-order valence-electron chi connectivity index (χ2n) is 11.3. The molecule has 2 aromatic heterocycles. The average Bonchev–Trinajstić information content (AvgIpc) is 3.12. The second-order valence-corrected chi connectivity index (χ2v) is 16.7. The molecule has 0 unspecified atom stereocenters. The first-order valence-electron chi connectivity index (χ1n) is 15.0. The molecule has 0 aliphatic heterocycles. The molecule has 0 radical (unpaired) electrons. The molecule has 2 N–H and O–H groups in total. The molecule has 0 saturated carbocycles. The van der Waals surface area contributed by atoms with Gasteiger partial charge < -0.3 is 18.2 Å². The number of hydrogen-bond acceptors (Lipinski definition) is 20. The molecule has 2 aliphatic carbocycles. The molecule has 0 spiro atoms. The Kier molecular flexibility index (Phi) is 13.8. The first-order chi connectivity index (χ1) is 26.1. The van der Waals surface area contributed by atoms with Crippen LogP contribution in [0.4, 0.5) is 11.4 Å². The number of allylic oxidation sites excluding steroid dienone is 2. The number of carbonyl (C=O) groups excluding carboxylic acids is 2. The van der Waals surface area contributed by atoms with Crippen molar-refractivity contribution in [3.8, 4) is 0 Å². The van der Waals surface area contributed by atoms with Crippen molar-refractivity contribution < 1.29 is 61.5 Å². The van der Waals surface area contributed by atoms with Gasteiger partial charge in [-0.3, -0.25) is 30.4 Å². The molecule has 6 rings (SSSR count). The number of rotatable bonds is 10. The summed E-state index contributed by atoms with van der Waals surface area (Å²) in [5, 5.41) is 7.53. The second kappa shape index (κ2) is 17.3. The minimum atomic E-state index is -5.28. The number of hydrogen-bond donors (Lipinski definition) is 2. The van der Waals surface area contributed by atoms with Gasteiger partial charge in [-0.25, -0.2) is 33.7 Å². The number of hydrazone groups is 2. The van der Waals surface area contributed by atoms with Gasteiger partial charge in [0.25, 0.3) is 0 Å². The van der Waals surface area contributed by atoms with Crippen LogP contribution in [-0.2, 0) is 40.5 Å². The van der Waals surface area contributed by atoms with Crippen LogP contribution in [0.3, 0.4) is 0 Å². The summed E-state index contributed by atoms with van der Waals surface area (Å²) >= 11 is 0. The molecule has 26 heteroatoms. The molecule has 0 fully saturated rings. The number of nitrogens with one attached hydrogen (secondary N) is 2. The number of pyridine rings is 2. The van der Waals surface area contributed by atoms with Gasteiger partial charge >= 0.3 is 46.1 Å². The van der Waals surface area contributed by atoms with Gasteiger partial charge in [-0.1, -0.05) is 24.3 Å². The summed E-state index contributed by atoms with van der Waals surface area (Å²) in [6, 6.07) is 11.1. The molecule has 58 heavy (non-hydrogen) atoms. The Labute approximate surface area is 361 Å². The van der Waals surface area contributed by atoms with E-state index < -0.39 is 94.5 Å². The Hall–Kier alpha value is -4.59. The minimum Gasteiger partial charge on any atom is -0.744 e. The Morgan fingerprint density at radius 1 is 0.534 bits per heavy atom. The molecule has 4 aromatic rings. The van der Waals surface area contributed by atoms with Crippen molar-refractivity contribution in [1.82, 2.24) is 9.97 Å². The van der Waals surface area contributed by atoms with E-state index in [1.165, 1.54) is 48.8 Å². The fourth-order valence-corrected chi connectivity index (χ4v) is 8.04. The monoisotopic (exact) mass is 886 g/mol. The van der Waals surface area contributed by atoms with E-state index in [2.05, 4.69) is 31.0 Å². The predicted octanol–water partition coefficient (Wildman–Crippen LogP) is 0.795. The van der Waals surface area contributed by atoms with E-state index in [1.807, 2.05) is 0 Å². The van der Waals surface area contributed by atoms with Crippen molar-refractivity contribution in [1.29, 1.82) is 0 Å². The number of ketones is 2. The van der Waals surface area contributed by atoms with E-state index in [1.54, 1.807) is 0 Å². The Morgan fingerprint density at radius 2 is 0.897 bits per heavy atom. The Morgan fingerprint density at radius 3 is 1.22 bits per heavy atom. The van der Waals surface area contributed by atoms with E-state index in [4.69, 9.17) is 0 Å². The van der Waals surface area contributed by atoms with Crippen LogP contribution in [0.1, 0.15) is 43.2 Å². The Bertz CT molecular complexity index is 2820. The maximum absolute atomic E-state index is 12.9. The minimum absolute atomic E-state index is 0. The van der Waals surface area contributed by atoms with Crippen LogP contribution in [0.2, 0.25) is 0 Å². The fourth-order valence-electron chi connectivity index (χ4n) is 5.27. The Balaban J connectivity index is 0.00000372. The quantitative estimate of drug-likeness (QED) is 0.0962. The summed E-state index contributed by atoms with van der Waals surface area (Å²) < 4.78 is 144. The van der Waals surface area contributed by atoms with Crippen molar-refractivity contribution in [2.24, 2.45) is 10.2 Å². The predicted molar refractivity (Wildman–Crippen MR) is 204 cm³/mol. The average molecular weight is 887 g/mol. The van der Waals surface area contributed by atoms with Crippen molar-refractivity contribution in [2.45, 2.75) is 9.79 Å². The van der Waals surface area contributed by atoms with Crippen LogP contribution >= 0.6 is 0 Å². The maximum Gasteiger partial charge on any atom is 2.00 e. The molecule has 2 heterocycles. The molecular formula is C32H18Mg2N6O14S4. The summed E-state index contributed by atoms with van der Waals surface area (Å²) in [6.07, 6.45) is 5.72. The first kappa shape index (κ1) is 46.1. The van der Waals surface area contributed by atoms with Gasteiger partial charge in [0, 0.05) is 23.5 Å². The summed E-state index contributed by atoms with van der Waals surface area (Å²) in [5.74, 6) is -1.78. The van der Waals surface area contributed by atoms with E-state index in [0.29, 0.717) is 12.2 Å². The van der Waals surface area contributed by atoms with E-state index in [9.17, 15) is 61.5 Å². The number of benzene rings is 2. The third-order valence-corrected chi connectivity index (χ3v) is 11.3. The maximum atomic E-state index is 12.9. The number of nitrogens with zero attached hydrogens (tertiary/aromatic N) is 4. The molecule has 0 atom stereocenters. The van der Waals surface area contributed by atoms with Gasteiger partial charge in [-0.15, -0.1) is 0 Å². The van der Waals surface area contributed by atoms with Crippen LogP contribution in [0.25, 0.3) is 22.0 Å². The molecule has 2 aromatic carbocycles. The normalized spacial score (nSPS) is 15.8. The van der Waals surface area contributed by atoms with Gasteiger partial charge in [0.05, 0.1) is 31.0 Å². The molecule has 0 amide bonds. The fraction of sp³-hybridized carbons (Fsp3) is 0. The molecule has 20 nitrogen and oxygen atoms in total. The van der Waals surface area contributed by atoms with Crippen molar-refractivity contribution in [3.05, 3.63) is 119 Å². The van der Waals surface area contributed by atoms with Crippen LogP contribution in [-0.4, -0.2) is 131 Å². The van der Waals surface area contributed by atoms with Gasteiger partial charge in [-0.2, -0.15) is 10.2 Å².